The van der Waals surface area contributed by atoms with E-state index >= 15 is 0 Å². The van der Waals surface area contributed by atoms with Gasteiger partial charge in [0.1, 0.15) is 0 Å². The van der Waals surface area contributed by atoms with Gasteiger partial charge in [-0.25, -0.2) is 0 Å². The molecule has 21 heavy (non-hydrogen) atoms. The lowest BCUT2D eigenvalue weighted by molar-refractivity contribution is -0.117. The molecule has 2 amide bonds. The molecule has 1 heterocycles. The number of nitrogens with two attached hydrogens (primary N) is 1. The number of para-hydroxylation sites is 2. The second kappa shape index (κ2) is 5.28. The summed E-state index contributed by atoms with van der Waals surface area (Å²) >= 11 is 0. The summed E-state index contributed by atoms with van der Waals surface area (Å²) in [6.07, 6.45) is 0. The largest absolute Gasteiger partial charge is 0.384 e. The smallest absolute Gasteiger partial charge is 0.250 e. The summed E-state index contributed by atoms with van der Waals surface area (Å²) in [6, 6.07) is 14.4. The Hall–Kier alpha value is -2.82. The van der Waals surface area contributed by atoms with Crippen LogP contribution in [0.5, 0.6) is 0 Å². The third kappa shape index (κ3) is 2.45. The van der Waals surface area contributed by atoms with Gasteiger partial charge in [-0.05, 0) is 23.8 Å². The van der Waals surface area contributed by atoms with Gasteiger partial charge >= 0.3 is 0 Å². The maximum absolute atomic E-state index is 12.4. The molecule has 0 spiro atoms. The number of carbonyl (C=O) groups excluding carboxylic acids is 2. The molecule has 2 aromatic carbocycles. The molecular weight excluding hydrogens is 266 g/mol. The highest BCUT2D eigenvalue weighted by molar-refractivity contribution is 6.05. The van der Waals surface area contributed by atoms with E-state index in [4.69, 9.17) is 5.73 Å². The van der Waals surface area contributed by atoms with Crippen LogP contribution >= 0.6 is 0 Å². The zero-order valence-electron chi connectivity index (χ0n) is 11.3. The fourth-order valence-corrected chi connectivity index (χ4v) is 2.54. The minimum atomic E-state index is -0.559. The van der Waals surface area contributed by atoms with Crippen LogP contribution in [-0.2, 0) is 4.79 Å². The van der Waals surface area contributed by atoms with Gasteiger partial charge in [0.15, 0.2) is 0 Å². The average Bonchev–Trinajstić information content (AvgIpc) is 2.91. The highest BCUT2D eigenvalue weighted by Crippen LogP contribution is 2.32. The zero-order valence-corrected chi connectivity index (χ0v) is 11.3. The van der Waals surface area contributed by atoms with Gasteiger partial charge in [0.2, 0.25) is 5.91 Å². The van der Waals surface area contributed by atoms with Crippen LogP contribution in [0.2, 0.25) is 0 Å². The summed E-state index contributed by atoms with van der Waals surface area (Å²) in [5.41, 5.74) is 8.01. The van der Waals surface area contributed by atoms with E-state index in [-0.39, 0.29) is 11.8 Å². The maximum Gasteiger partial charge on any atom is 0.250 e. The van der Waals surface area contributed by atoms with Gasteiger partial charge in [0, 0.05) is 12.2 Å². The van der Waals surface area contributed by atoms with Gasteiger partial charge < -0.3 is 16.4 Å². The Morgan fingerprint density at radius 2 is 1.81 bits per heavy atom. The highest BCUT2D eigenvalue weighted by Gasteiger charge is 2.28. The Bertz CT molecular complexity index is 712. The van der Waals surface area contributed by atoms with Crippen LogP contribution < -0.4 is 16.4 Å². The van der Waals surface area contributed by atoms with E-state index in [0.29, 0.717) is 17.8 Å². The molecule has 0 bridgehead atoms. The second-order valence-electron chi connectivity index (χ2n) is 4.92. The van der Waals surface area contributed by atoms with Crippen LogP contribution in [-0.4, -0.2) is 18.4 Å². The van der Waals surface area contributed by atoms with Crippen molar-refractivity contribution in [3.63, 3.8) is 0 Å². The van der Waals surface area contributed by atoms with E-state index in [1.807, 2.05) is 24.3 Å². The summed E-state index contributed by atoms with van der Waals surface area (Å²) < 4.78 is 0. The van der Waals surface area contributed by atoms with Crippen molar-refractivity contribution in [2.75, 3.05) is 17.2 Å². The van der Waals surface area contributed by atoms with Gasteiger partial charge in [0.25, 0.3) is 5.91 Å². The fraction of sp³-hybridized carbons (Fsp3) is 0.125. The van der Waals surface area contributed by atoms with E-state index in [9.17, 15) is 9.59 Å². The van der Waals surface area contributed by atoms with Crippen molar-refractivity contribution >= 4 is 23.2 Å². The Labute approximate surface area is 122 Å². The first-order valence-corrected chi connectivity index (χ1v) is 6.69. The Kier molecular flexibility index (Phi) is 3.31. The number of rotatable bonds is 3. The van der Waals surface area contributed by atoms with Crippen LogP contribution in [0.3, 0.4) is 0 Å². The molecule has 0 fully saturated rings. The number of fused-ring (bicyclic) bond motifs is 1. The normalized spacial score (nSPS) is 15.9. The van der Waals surface area contributed by atoms with E-state index in [2.05, 4.69) is 10.6 Å². The SMILES string of the molecule is NC(=O)c1ccccc1NC(=O)C1CNc2ccccc21. The first-order valence-electron chi connectivity index (χ1n) is 6.69. The maximum atomic E-state index is 12.4. The summed E-state index contributed by atoms with van der Waals surface area (Å²) in [5.74, 6) is -0.987. The first kappa shape index (κ1) is 13.2. The second-order valence-corrected chi connectivity index (χ2v) is 4.92. The van der Waals surface area contributed by atoms with Gasteiger partial charge in [0.05, 0.1) is 17.2 Å². The number of primary amides is 1. The lowest BCUT2D eigenvalue weighted by Gasteiger charge is -2.13. The van der Waals surface area contributed by atoms with E-state index in [0.717, 1.165) is 11.3 Å². The molecule has 0 saturated carbocycles. The molecule has 0 saturated heterocycles. The summed E-state index contributed by atoms with van der Waals surface area (Å²) in [4.78, 5) is 23.8. The molecule has 1 aliphatic heterocycles. The predicted octanol–water partition coefficient (Wildman–Crippen LogP) is 1.93. The van der Waals surface area contributed by atoms with Crippen LogP contribution in [0.15, 0.2) is 48.5 Å². The lowest BCUT2D eigenvalue weighted by atomic mass is 10.00. The topological polar surface area (TPSA) is 84.2 Å². The molecule has 2 aromatic rings. The highest BCUT2D eigenvalue weighted by atomic mass is 16.2. The molecule has 3 rings (SSSR count). The number of carbonyl (C=O) groups is 2. The van der Waals surface area contributed by atoms with Crippen molar-refractivity contribution in [1.29, 1.82) is 0 Å². The van der Waals surface area contributed by atoms with Crippen molar-refractivity contribution in [3.8, 4) is 0 Å². The molecule has 4 N–H and O–H groups in total. The van der Waals surface area contributed by atoms with Crippen molar-refractivity contribution in [2.45, 2.75) is 5.92 Å². The number of benzene rings is 2. The van der Waals surface area contributed by atoms with Crippen molar-refractivity contribution in [1.82, 2.24) is 0 Å². The number of nitrogens with one attached hydrogen (secondary N) is 2. The van der Waals surface area contributed by atoms with Gasteiger partial charge in [-0.2, -0.15) is 0 Å². The molecule has 0 aromatic heterocycles. The van der Waals surface area contributed by atoms with Crippen LogP contribution in [0, 0.1) is 0 Å². The first-order chi connectivity index (χ1) is 10.2. The Morgan fingerprint density at radius 1 is 1.10 bits per heavy atom. The molecule has 5 nitrogen and oxygen atoms in total. The van der Waals surface area contributed by atoms with Crippen molar-refractivity contribution in [3.05, 3.63) is 59.7 Å². The fourth-order valence-electron chi connectivity index (χ4n) is 2.54. The van der Waals surface area contributed by atoms with Gasteiger partial charge in [-0.1, -0.05) is 30.3 Å². The summed E-state index contributed by atoms with van der Waals surface area (Å²) in [5, 5.41) is 6.00. The molecule has 1 unspecified atom stereocenters. The van der Waals surface area contributed by atoms with Crippen LogP contribution in [0.4, 0.5) is 11.4 Å². The molecular formula is C16H15N3O2. The molecule has 1 aliphatic rings. The molecule has 106 valence electrons. The quantitative estimate of drug-likeness (QED) is 0.803. The van der Waals surface area contributed by atoms with E-state index in [1.54, 1.807) is 24.3 Å². The number of anilines is 2. The average molecular weight is 281 g/mol. The molecule has 0 aliphatic carbocycles. The number of amides is 2. The standard InChI is InChI=1S/C16H15N3O2/c17-15(20)11-6-2-4-8-14(11)19-16(21)12-9-18-13-7-3-1-5-10(12)13/h1-8,12,18H,9H2,(H2,17,20)(H,19,21). The molecule has 0 radical (unpaired) electrons. The van der Waals surface area contributed by atoms with E-state index in [1.165, 1.54) is 0 Å². The van der Waals surface area contributed by atoms with Crippen molar-refractivity contribution in [2.24, 2.45) is 5.73 Å². The minimum absolute atomic E-state index is 0.152. The number of hydrogen-bond donors (Lipinski definition) is 3. The number of hydrogen-bond acceptors (Lipinski definition) is 3. The molecule has 1 atom stereocenters. The Morgan fingerprint density at radius 3 is 2.62 bits per heavy atom. The lowest BCUT2D eigenvalue weighted by Crippen LogP contribution is -2.24. The summed E-state index contributed by atoms with van der Waals surface area (Å²) in [6.45, 7) is 0.546. The predicted molar refractivity (Wildman–Crippen MR) is 81.3 cm³/mol. The third-order valence-corrected chi connectivity index (χ3v) is 3.60. The van der Waals surface area contributed by atoms with Crippen molar-refractivity contribution < 1.29 is 9.59 Å². The third-order valence-electron chi connectivity index (χ3n) is 3.60. The zero-order chi connectivity index (χ0) is 14.8. The van der Waals surface area contributed by atoms with Crippen LogP contribution in [0.1, 0.15) is 21.8 Å². The monoisotopic (exact) mass is 281 g/mol. The minimum Gasteiger partial charge on any atom is -0.384 e. The van der Waals surface area contributed by atoms with Gasteiger partial charge in [-0.3, -0.25) is 9.59 Å². The summed E-state index contributed by atoms with van der Waals surface area (Å²) in [7, 11) is 0. The van der Waals surface area contributed by atoms with Crippen LogP contribution in [0.25, 0.3) is 0 Å². The molecule has 5 heteroatoms. The van der Waals surface area contributed by atoms with E-state index < -0.39 is 5.91 Å². The Balaban J connectivity index is 1.84. The van der Waals surface area contributed by atoms with Gasteiger partial charge in [-0.15, -0.1) is 0 Å².